The van der Waals surface area contributed by atoms with Crippen LogP contribution >= 0.6 is 7.82 Å². The quantitative estimate of drug-likeness (QED) is 0.0410. The summed E-state index contributed by atoms with van der Waals surface area (Å²) in [5.41, 5.74) is 0. The van der Waals surface area contributed by atoms with Crippen LogP contribution in [-0.2, 0) is 18.4 Å². The summed E-state index contributed by atoms with van der Waals surface area (Å²) in [5.74, 6) is -0.277. The average molecular weight is 590 g/mol. The Morgan fingerprint density at radius 3 is 1.90 bits per heavy atom. The van der Waals surface area contributed by atoms with Crippen LogP contribution in [0, 0.1) is 0 Å². The number of aliphatic hydroxyl groups is 1. The number of carbonyl (C=O) groups is 1. The number of allylic oxidation sites excluding steroid dienone is 3. The van der Waals surface area contributed by atoms with E-state index in [1.165, 1.54) is 77.0 Å². The van der Waals surface area contributed by atoms with Crippen molar-refractivity contribution in [3.8, 4) is 0 Å². The number of aliphatic hydroxyl groups excluding tert-OH is 1. The van der Waals surface area contributed by atoms with Crippen molar-refractivity contribution in [2.45, 2.75) is 129 Å². The molecule has 3 N–H and O–H groups in total. The van der Waals surface area contributed by atoms with E-state index in [-0.39, 0.29) is 25.5 Å². The second-order valence-electron chi connectivity index (χ2n) is 11.8. The van der Waals surface area contributed by atoms with Gasteiger partial charge in [-0.25, -0.2) is 4.57 Å². The maximum absolute atomic E-state index is 12.2. The summed E-state index contributed by atoms with van der Waals surface area (Å²) in [6.45, 7) is 4.21. The van der Waals surface area contributed by atoms with Crippen LogP contribution in [0.3, 0.4) is 0 Å². The Bertz CT molecular complexity index is 723. The summed E-state index contributed by atoms with van der Waals surface area (Å²) in [6, 6.07) is -0.854. The zero-order valence-corrected chi connectivity index (χ0v) is 27.2. The normalized spacial score (nSPS) is 15.5. The Balaban J connectivity index is 4.13. The van der Waals surface area contributed by atoms with Crippen molar-refractivity contribution in [1.82, 2.24) is 5.32 Å². The number of carbonyl (C=O) groups excluding carboxylic acids is 1. The van der Waals surface area contributed by atoms with Crippen molar-refractivity contribution in [3.63, 3.8) is 0 Å². The SMILES string of the molecule is CCCCCCCCCCCCCC/C=C/CC/C=C/C(O)C(COP(=O)(O)OCC[N+](C)(C)C)NC(=O)CC. The van der Waals surface area contributed by atoms with Gasteiger partial charge in [0.2, 0.25) is 5.91 Å². The average Bonchev–Trinajstić information content (AvgIpc) is 2.89. The smallest absolute Gasteiger partial charge is 0.387 e. The summed E-state index contributed by atoms with van der Waals surface area (Å²) < 4.78 is 22.9. The lowest BCUT2D eigenvalue weighted by atomic mass is 10.0. The van der Waals surface area contributed by atoms with Crippen molar-refractivity contribution in [3.05, 3.63) is 24.3 Å². The molecule has 3 unspecified atom stereocenters. The highest BCUT2D eigenvalue weighted by Gasteiger charge is 2.27. The molecule has 0 aliphatic carbocycles. The molecular weight excluding hydrogens is 527 g/mol. The number of phosphoric acid groups is 1. The number of amides is 1. The number of hydrogen-bond donors (Lipinski definition) is 3. The minimum Gasteiger partial charge on any atom is -0.387 e. The predicted molar refractivity (Wildman–Crippen MR) is 166 cm³/mol. The van der Waals surface area contributed by atoms with Crippen molar-refractivity contribution in [2.24, 2.45) is 0 Å². The second kappa shape index (κ2) is 24.6. The first kappa shape index (κ1) is 39.0. The van der Waals surface area contributed by atoms with Gasteiger partial charge in [-0.2, -0.15) is 0 Å². The Labute approximate surface area is 245 Å². The number of phosphoric ester groups is 1. The molecular formula is C31H62N2O6P+. The molecule has 8 nitrogen and oxygen atoms in total. The monoisotopic (exact) mass is 589 g/mol. The maximum Gasteiger partial charge on any atom is 0.472 e. The Morgan fingerprint density at radius 1 is 0.825 bits per heavy atom. The molecule has 0 rings (SSSR count). The number of nitrogens with zero attached hydrogens (tertiary/aromatic N) is 1. The van der Waals surface area contributed by atoms with E-state index >= 15 is 0 Å². The minimum absolute atomic E-state index is 0.0541. The first-order valence-electron chi connectivity index (χ1n) is 15.7. The summed E-state index contributed by atoms with van der Waals surface area (Å²) in [5, 5.41) is 13.2. The van der Waals surface area contributed by atoms with Crippen molar-refractivity contribution in [1.29, 1.82) is 0 Å². The molecule has 0 saturated carbocycles. The molecule has 0 aliphatic rings. The van der Waals surface area contributed by atoms with Gasteiger partial charge < -0.3 is 19.8 Å². The lowest BCUT2D eigenvalue weighted by Gasteiger charge is -2.25. The van der Waals surface area contributed by atoms with Gasteiger partial charge >= 0.3 is 7.82 Å². The fraction of sp³-hybridized carbons (Fsp3) is 0.839. The van der Waals surface area contributed by atoms with E-state index in [9.17, 15) is 19.4 Å². The lowest BCUT2D eigenvalue weighted by molar-refractivity contribution is -0.870. The molecule has 40 heavy (non-hydrogen) atoms. The molecule has 0 bridgehead atoms. The van der Waals surface area contributed by atoms with Crippen LogP contribution in [0.5, 0.6) is 0 Å². The molecule has 0 spiro atoms. The van der Waals surface area contributed by atoms with Crippen LogP contribution < -0.4 is 5.32 Å². The predicted octanol–water partition coefficient (Wildman–Crippen LogP) is 7.07. The first-order chi connectivity index (χ1) is 19.0. The van der Waals surface area contributed by atoms with E-state index in [0.29, 0.717) is 11.0 Å². The van der Waals surface area contributed by atoms with E-state index in [1.807, 2.05) is 27.2 Å². The van der Waals surface area contributed by atoms with E-state index < -0.39 is 20.0 Å². The molecule has 0 heterocycles. The standard InChI is InChI=1S/C31H61N2O6P/c1-6-8-9-10-11-12-13-14-15-16-17-18-19-20-21-22-23-24-25-30(34)29(32-31(35)7-2)28-39-40(36,37)38-27-26-33(3,4)5/h20-21,24-25,29-30,34H,6-19,22-23,26-28H2,1-5H3,(H-,32,35,36,37)/p+1/b21-20+,25-24+. The van der Waals surface area contributed by atoms with Gasteiger partial charge in [0.15, 0.2) is 0 Å². The largest absolute Gasteiger partial charge is 0.472 e. The third-order valence-corrected chi connectivity index (χ3v) is 7.72. The fourth-order valence-electron chi connectivity index (χ4n) is 4.08. The number of unbranched alkanes of at least 4 members (excludes halogenated alkanes) is 13. The number of rotatable bonds is 27. The zero-order valence-electron chi connectivity index (χ0n) is 26.3. The van der Waals surface area contributed by atoms with E-state index in [2.05, 4.69) is 24.4 Å². The summed E-state index contributed by atoms with van der Waals surface area (Å²) in [6.07, 6.45) is 26.1. The molecule has 236 valence electrons. The summed E-state index contributed by atoms with van der Waals surface area (Å²) >= 11 is 0. The molecule has 0 radical (unpaired) electrons. The molecule has 0 fully saturated rings. The Morgan fingerprint density at radius 2 is 1.35 bits per heavy atom. The molecule has 0 saturated heterocycles. The zero-order chi connectivity index (χ0) is 30.1. The molecule has 0 aromatic rings. The molecule has 0 aromatic heterocycles. The molecule has 0 aromatic carbocycles. The number of nitrogens with one attached hydrogen (secondary N) is 1. The van der Waals surface area contributed by atoms with Crippen LogP contribution in [-0.4, -0.2) is 73.4 Å². The second-order valence-corrected chi connectivity index (χ2v) is 13.2. The highest BCUT2D eigenvalue weighted by atomic mass is 31.2. The lowest BCUT2D eigenvalue weighted by Crippen LogP contribution is -2.45. The van der Waals surface area contributed by atoms with Crippen LogP contribution in [0.4, 0.5) is 0 Å². The highest BCUT2D eigenvalue weighted by molar-refractivity contribution is 7.47. The van der Waals surface area contributed by atoms with Gasteiger partial charge in [-0.05, 0) is 25.7 Å². The van der Waals surface area contributed by atoms with Gasteiger partial charge in [0.05, 0.1) is 39.9 Å². The summed E-state index contributed by atoms with van der Waals surface area (Å²) in [4.78, 5) is 21.9. The summed E-state index contributed by atoms with van der Waals surface area (Å²) in [7, 11) is 1.54. The highest BCUT2D eigenvalue weighted by Crippen LogP contribution is 2.43. The van der Waals surface area contributed by atoms with E-state index in [1.54, 1.807) is 13.0 Å². The number of likely N-dealkylation sites (N-methyl/N-ethyl adjacent to an activating group) is 1. The molecule has 3 atom stereocenters. The van der Waals surface area contributed by atoms with Crippen LogP contribution in [0.1, 0.15) is 117 Å². The van der Waals surface area contributed by atoms with Crippen LogP contribution in [0.2, 0.25) is 0 Å². The minimum atomic E-state index is -4.30. The van der Waals surface area contributed by atoms with Gasteiger partial charge in [-0.15, -0.1) is 0 Å². The van der Waals surface area contributed by atoms with Gasteiger partial charge in [0.25, 0.3) is 0 Å². The van der Waals surface area contributed by atoms with Crippen LogP contribution in [0.25, 0.3) is 0 Å². The third kappa shape index (κ3) is 25.9. The van der Waals surface area contributed by atoms with E-state index in [4.69, 9.17) is 9.05 Å². The fourth-order valence-corrected chi connectivity index (χ4v) is 4.81. The Kier molecular flexibility index (Phi) is 23.9. The number of hydrogen-bond acceptors (Lipinski definition) is 5. The van der Waals surface area contributed by atoms with Gasteiger partial charge in [0, 0.05) is 6.42 Å². The molecule has 0 aliphatic heterocycles. The Hall–Kier alpha value is -1.02. The molecule has 9 heteroatoms. The molecule has 1 amide bonds. The topological polar surface area (TPSA) is 105 Å². The third-order valence-electron chi connectivity index (χ3n) is 6.74. The maximum atomic E-state index is 12.2. The van der Waals surface area contributed by atoms with Crippen molar-refractivity contribution in [2.75, 3.05) is 40.9 Å². The van der Waals surface area contributed by atoms with Crippen LogP contribution in [0.15, 0.2) is 24.3 Å². The number of quaternary nitrogens is 1. The van der Waals surface area contributed by atoms with E-state index in [0.717, 1.165) is 19.3 Å². The van der Waals surface area contributed by atoms with Crippen molar-refractivity contribution < 1.29 is 32.9 Å². The first-order valence-corrected chi connectivity index (χ1v) is 17.2. The van der Waals surface area contributed by atoms with Crippen molar-refractivity contribution >= 4 is 13.7 Å². The van der Waals surface area contributed by atoms with Gasteiger partial charge in [-0.3, -0.25) is 13.8 Å². The van der Waals surface area contributed by atoms with Gasteiger partial charge in [-0.1, -0.05) is 109 Å². The van der Waals surface area contributed by atoms with Gasteiger partial charge in [0.1, 0.15) is 13.2 Å².